The molecule has 0 unspecified atom stereocenters. The third-order valence-electron chi connectivity index (χ3n) is 2.39. The molecule has 0 amide bonds. The van der Waals surface area contributed by atoms with E-state index in [2.05, 4.69) is 5.10 Å². The minimum atomic E-state index is -0.482. The van der Waals surface area contributed by atoms with Crippen LogP contribution in [0.25, 0.3) is 5.69 Å². The van der Waals surface area contributed by atoms with E-state index >= 15 is 0 Å². The van der Waals surface area contributed by atoms with Crippen LogP contribution in [0.5, 0.6) is 5.75 Å². The zero-order valence-corrected chi connectivity index (χ0v) is 10.3. The SMILES string of the molecule is CCOC(=O)c1nn(-c2ccccc2)cc1OC. The van der Waals surface area contributed by atoms with Crippen LogP contribution in [0.3, 0.4) is 0 Å². The van der Waals surface area contributed by atoms with E-state index in [1.807, 2.05) is 30.3 Å². The monoisotopic (exact) mass is 246 g/mol. The summed E-state index contributed by atoms with van der Waals surface area (Å²) in [5.41, 5.74) is 1.04. The fraction of sp³-hybridized carbons (Fsp3) is 0.231. The summed E-state index contributed by atoms with van der Waals surface area (Å²) >= 11 is 0. The van der Waals surface area contributed by atoms with Gasteiger partial charge >= 0.3 is 5.97 Å². The van der Waals surface area contributed by atoms with Gasteiger partial charge in [0, 0.05) is 0 Å². The molecule has 0 atom stereocenters. The van der Waals surface area contributed by atoms with Crippen molar-refractivity contribution in [1.29, 1.82) is 0 Å². The Balaban J connectivity index is 2.38. The van der Waals surface area contributed by atoms with Gasteiger partial charge in [-0.15, -0.1) is 0 Å². The molecule has 0 aliphatic rings. The highest BCUT2D eigenvalue weighted by Crippen LogP contribution is 2.20. The lowest BCUT2D eigenvalue weighted by molar-refractivity contribution is 0.0515. The second-order valence-corrected chi connectivity index (χ2v) is 3.55. The number of benzene rings is 1. The average molecular weight is 246 g/mol. The Hall–Kier alpha value is -2.30. The molecule has 2 rings (SSSR count). The minimum Gasteiger partial charge on any atom is -0.493 e. The molecule has 1 aromatic heterocycles. The summed E-state index contributed by atoms with van der Waals surface area (Å²) in [6, 6.07) is 9.49. The number of methoxy groups -OCH3 is 1. The smallest absolute Gasteiger partial charge is 0.362 e. The van der Waals surface area contributed by atoms with E-state index in [9.17, 15) is 4.79 Å². The van der Waals surface area contributed by atoms with Crippen molar-refractivity contribution in [3.8, 4) is 11.4 Å². The first-order valence-electron chi connectivity index (χ1n) is 5.62. The highest BCUT2D eigenvalue weighted by Gasteiger charge is 2.19. The zero-order chi connectivity index (χ0) is 13.0. The van der Waals surface area contributed by atoms with E-state index in [1.54, 1.807) is 17.8 Å². The normalized spacial score (nSPS) is 10.1. The lowest BCUT2D eigenvalue weighted by Gasteiger charge is -2.00. The molecule has 5 nitrogen and oxygen atoms in total. The molecule has 0 bridgehead atoms. The molecule has 0 aliphatic carbocycles. The molecule has 0 saturated heterocycles. The first-order valence-corrected chi connectivity index (χ1v) is 5.62. The molecule has 0 aliphatic heterocycles. The van der Waals surface area contributed by atoms with Crippen molar-refractivity contribution in [1.82, 2.24) is 9.78 Å². The number of nitrogens with zero attached hydrogens (tertiary/aromatic N) is 2. The zero-order valence-electron chi connectivity index (χ0n) is 10.3. The van der Waals surface area contributed by atoms with Gasteiger partial charge in [-0.3, -0.25) is 0 Å². The van der Waals surface area contributed by atoms with Crippen molar-refractivity contribution in [3.05, 3.63) is 42.2 Å². The maximum Gasteiger partial charge on any atom is 0.362 e. The standard InChI is InChI=1S/C13H14N2O3/c1-3-18-13(16)12-11(17-2)9-15(14-12)10-7-5-4-6-8-10/h4-9H,3H2,1-2H3. The molecule has 0 saturated carbocycles. The van der Waals surface area contributed by atoms with Gasteiger partial charge in [0.2, 0.25) is 5.69 Å². The highest BCUT2D eigenvalue weighted by atomic mass is 16.5. The van der Waals surface area contributed by atoms with Crippen LogP contribution in [0.1, 0.15) is 17.4 Å². The topological polar surface area (TPSA) is 53.3 Å². The van der Waals surface area contributed by atoms with Crippen LogP contribution >= 0.6 is 0 Å². The van der Waals surface area contributed by atoms with E-state index in [0.29, 0.717) is 12.4 Å². The Kier molecular flexibility index (Phi) is 3.62. The predicted molar refractivity (Wildman–Crippen MR) is 66.1 cm³/mol. The van der Waals surface area contributed by atoms with Gasteiger partial charge in [-0.05, 0) is 19.1 Å². The molecule has 2 aromatic rings. The molecule has 0 radical (unpaired) electrons. The van der Waals surface area contributed by atoms with Crippen molar-refractivity contribution < 1.29 is 14.3 Å². The molecule has 1 heterocycles. The molecular weight excluding hydrogens is 232 g/mol. The van der Waals surface area contributed by atoms with Gasteiger partial charge in [0.1, 0.15) is 0 Å². The average Bonchev–Trinajstić information content (AvgIpc) is 2.84. The summed E-state index contributed by atoms with van der Waals surface area (Å²) in [5, 5.41) is 4.19. The Morgan fingerprint density at radius 1 is 1.33 bits per heavy atom. The summed E-state index contributed by atoms with van der Waals surface area (Å²) in [5.74, 6) is -0.0821. The van der Waals surface area contributed by atoms with E-state index in [1.165, 1.54) is 7.11 Å². The molecular formula is C13H14N2O3. The summed E-state index contributed by atoms with van der Waals surface area (Å²) in [4.78, 5) is 11.7. The van der Waals surface area contributed by atoms with Gasteiger partial charge in [0.15, 0.2) is 5.75 Å². The minimum absolute atomic E-state index is 0.184. The number of hydrogen-bond donors (Lipinski definition) is 0. The van der Waals surface area contributed by atoms with Gasteiger partial charge < -0.3 is 9.47 Å². The third-order valence-corrected chi connectivity index (χ3v) is 2.39. The van der Waals surface area contributed by atoms with Gasteiger partial charge in [-0.1, -0.05) is 18.2 Å². The number of rotatable bonds is 4. The highest BCUT2D eigenvalue weighted by molar-refractivity contribution is 5.90. The summed E-state index contributed by atoms with van der Waals surface area (Å²) in [6.07, 6.45) is 1.65. The van der Waals surface area contributed by atoms with E-state index in [0.717, 1.165) is 5.69 Å². The number of carbonyl (C=O) groups excluding carboxylic acids is 1. The Bertz CT molecular complexity index is 534. The second kappa shape index (κ2) is 5.35. The fourth-order valence-electron chi connectivity index (χ4n) is 1.56. The van der Waals surface area contributed by atoms with Gasteiger partial charge in [0.05, 0.1) is 25.6 Å². The molecule has 0 fully saturated rings. The number of carbonyl (C=O) groups is 1. The van der Waals surface area contributed by atoms with Crippen LogP contribution in [0, 0.1) is 0 Å². The van der Waals surface area contributed by atoms with E-state index < -0.39 is 5.97 Å². The largest absolute Gasteiger partial charge is 0.493 e. The van der Waals surface area contributed by atoms with Crippen LogP contribution in [-0.4, -0.2) is 29.5 Å². The van der Waals surface area contributed by atoms with Crippen LogP contribution in [0.15, 0.2) is 36.5 Å². The van der Waals surface area contributed by atoms with Gasteiger partial charge in [-0.25, -0.2) is 9.48 Å². The maximum absolute atomic E-state index is 11.7. The van der Waals surface area contributed by atoms with Gasteiger partial charge in [0.25, 0.3) is 0 Å². The lowest BCUT2D eigenvalue weighted by Crippen LogP contribution is -2.07. The molecule has 18 heavy (non-hydrogen) atoms. The number of para-hydroxylation sites is 1. The number of esters is 1. The van der Waals surface area contributed by atoms with Crippen LogP contribution in [-0.2, 0) is 4.74 Å². The molecule has 94 valence electrons. The summed E-state index contributed by atoms with van der Waals surface area (Å²) < 4.78 is 11.6. The number of aromatic nitrogens is 2. The molecule has 5 heteroatoms. The maximum atomic E-state index is 11.7. The Morgan fingerprint density at radius 2 is 2.06 bits per heavy atom. The molecule has 1 aromatic carbocycles. The van der Waals surface area contributed by atoms with Gasteiger partial charge in [-0.2, -0.15) is 5.10 Å². The summed E-state index contributed by atoms with van der Waals surface area (Å²) in [7, 11) is 1.50. The first-order chi connectivity index (χ1) is 8.76. The number of hydrogen-bond acceptors (Lipinski definition) is 4. The lowest BCUT2D eigenvalue weighted by atomic mass is 10.3. The van der Waals surface area contributed by atoms with E-state index in [4.69, 9.17) is 9.47 Å². The quantitative estimate of drug-likeness (QED) is 0.775. The van der Waals surface area contributed by atoms with Crippen molar-refractivity contribution in [2.75, 3.05) is 13.7 Å². The van der Waals surface area contributed by atoms with Crippen LogP contribution in [0.4, 0.5) is 0 Å². The molecule has 0 N–H and O–H groups in total. The van der Waals surface area contributed by atoms with Crippen molar-refractivity contribution >= 4 is 5.97 Å². The molecule has 0 spiro atoms. The van der Waals surface area contributed by atoms with Crippen molar-refractivity contribution in [3.63, 3.8) is 0 Å². The summed E-state index contributed by atoms with van der Waals surface area (Å²) in [6.45, 7) is 2.05. The van der Waals surface area contributed by atoms with Crippen LogP contribution in [0.2, 0.25) is 0 Å². The fourth-order valence-corrected chi connectivity index (χ4v) is 1.56. The predicted octanol–water partition coefficient (Wildman–Crippen LogP) is 2.06. The second-order valence-electron chi connectivity index (χ2n) is 3.55. The van der Waals surface area contributed by atoms with E-state index in [-0.39, 0.29) is 5.69 Å². The van der Waals surface area contributed by atoms with Crippen LogP contribution < -0.4 is 4.74 Å². The van der Waals surface area contributed by atoms with Crippen molar-refractivity contribution in [2.45, 2.75) is 6.92 Å². The Morgan fingerprint density at radius 3 is 2.67 bits per heavy atom. The Labute approximate surface area is 105 Å². The number of ether oxygens (including phenoxy) is 2. The van der Waals surface area contributed by atoms with Crippen molar-refractivity contribution in [2.24, 2.45) is 0 Å². The third kappa shape index (κ3) is 2.34. The first kappa shape index (κ1) is 12.2.